The number of quaternary nitrogens is 1. The number of unbranched alkanes of at least 4 members (excludes halogenated alkanes) is 17. The number of carbonyl (C=O) groups excluding carboxylic acids is 1. The van der Waals surface area contributed by atoms with E-state index in [-0.39, 0.29) is 19.1 Å². The lowest BCUT2D eigenvalue weighted by Crippen LogP contribution is -2.46. The number of hydrogen-bond donors (Lipinski definition) is 3. The molecule has 0 aliphatic carbocycles. The first kappa shape index (κ1) is 62.4. The molecule has 0 fully saturated rings. The molecule has 0 aromatic heterocycles. The molecule has 0 aliphatic heterocycles. The van der Waals surface area contributed by atoms with Crippen LogP contribution in [0.1, 0.15) is 200 Å². The van der Waals surface area contributed by atoms with Gasteiger partial charge in [-0.05, 0) is 77.0 Å². The van der Waals surface area contributed by atoms with E-state index >= 15 is 0 Å². The van der Waals surface area contributed by atoms with Crippen molar-refractivity contribution in [3.8, 4) is 0 Å². The zero-order valence-corrected chi connectivity index (χ0v) is 43.3. The number of aliphatic hydroxyl groups excluding tert-OH is 1. The van der Waals surface area contributed by atoms with E-state index in [4.69, 9.17) is 9.05 Å². The molecule has 8 nitrogen and oxygen atoms in total. The Morgan fingerprint density at radius 2 is 0.923 bits per heavy atom. The third-order valence-corrected chi connectivity index (χ3v) is 12.1. The van der Waals surface area contributed by atoms with Gasteiger partial charge in [0.25, 0.3) is 0 Å². The zero-order valence-electron chi connectivity index (χ0n) is 42.4. The second-order valence-corrected chi connectivity index (χ2v) is 20.0. The van der Waals surface area contributed by atoms with Gasteiger partial charge in [-0.2, -0.15) is 0 Å². The van der Waals surface area contributed by atoms with Crippen molar-refractivity contribution in [2.24, 2.45) is 0 Å². The number of hydrogen-bond acceptors (Lipinski definition) is 5. The number of aliphatic hydroxyl groups is 1. The van der Waals surface area contributed by atoms with E-state index in [0.29, 0.717) is 23.9 Å². The maximum absolute atomic E-state index is 12.9. The number of nitrogens with one attached hydrogen (secondary N) is 1. The molecule has 0 spiro atoms. The van der Waals surface area contributed by atoms with Gasteiger partial charge >= 0.3 is 7.82 Å². The summed E-state index contributed by atoms with van der Waals surface area (Å²) in [6.07, 6.45) is 66.2. The average Bonchev–Trinajstić information content (AvgIpc) is 3.26. The largest absolute Gasteiger partial charge is 0.472 e. The fourth-order valence-corrected chi connectivity index (χ4v) is 7.74. The van der Waals surface area contributed by atoms with Gasteiger partial charge < -0.3 is 19.8 Å². The van der Waals surface area contributed by atoms with Crippen molar-refractivity contribution in [3.05, 3.63) is 97.2 Å². The predicted octanol–water partition coefficient (Wildman–Crippen LogP) is 15.5. The first-order chi connectivity index (χ1) is 31.5. The molecule has 0 aromatic rings. The topological polar surface area (TPSA) is 105 Å². The molecule has 0 radical (unpaired) electrons. The first-order valence-electron chi connectivity index (χ1n) is 26.1. The molecular weight excluding hydrogens is 828 g/mol. The lowest BCUT2D eigenvalue weighted by Gasteiger charge is -2.26. The maximum Gasteiger partial charge on any atom is 0.472 e. The van der Waals surface area contributed by atoms with Gasteiger partial charge in [-0.3, -0.25) is 13.8 Å². The minimum atomic E-state index is -4.32. The predicted molar refractivity (Wildman–Crippen MR) is 281 cm³/mol. The fourth-order valence-electron chi connectivity index (χ4n) is 7.00. The van der Waals surface area contributed by atoms with Crippen molar-refractivity contribution in [1.82, 2.24) is 5.32 Å². The molecule has 9 heteroatoms. The van der Waals surface area contributed by atoms with Crippen LogP contribution in [0.4, 0.5) is 0 Å². The molecule has 65 heavy (non-hydrogen) atoms. The third-order valence-electron chi connectivity index (χ3n) is 11.1. The monoisotopic (exact) mass is 928 g/mol. The van der Waals surface area contributed by atoms with Crippen LogP contribution in [0.5, 0.6) is 0 Å². The summed E-state index contributed by atoms with van der Waals surface area (Å²) in [6.45, 7) is 4.72. The Kier molecular flexibility index (Phi) is 44.7. The highest BCUT2D eigenvalue weighted by Gasteiger charge is 2.28. The van der Waals surface area contributed by atoms with Crippen molar-refractivity contribution in [3.63, 3.8) is 0 Å². The Bertz CT molecular complexity index is 1370. The minimum absolute atomic E-state index is 0.0692. The second-order valence-electron chi connectivity index (χ2n) is 18.5. The molecule has 374 valence electrons. The van der Waals surface area contributed by atoms with Gasteiger partial charge in [-0.1, -0.05) is 214 Å². The Morgan fingerprint density at radius 1 is 0.538 bits per heavy atom. The number of carbonyl (C=O) groups is 1. The van der Waals surface area contributed by atoms with E-state index < -0.39 is 20.0 Å². The number of rotatable bonds is 46. The number of likely N-dealkylation sites (N-methyl/N-ethyl adjacent to an activating group) is 1. The van der Waals surface area contributed by atoms with E-state index in [0.717, 1.165) is 96.3 Å². The molecule has 1 amide bonds. The lowest BCUT2D eigenvalue weighted by atomic mass is 10.0. The van der Waals surface area contributed by atoms with E-state index in [9.17, 15) is 19.4 Å². The second kappa shape index (κ2) is 46.5. The molecule has 0 aliphatic rings. The highest BCUT2D eigenvalue weighted by atomic mass is 31.2. The summed E-state index contributed by atoms with van der Waals surface area (Å²) in [5.74, 6) is -0.157. The summed E-state index contributed by atoms with van der Waals surface area (Å²) in [5.41, 5.74) is 0. The molecule has 0 aromatic carbocycles. The van der Waals surface area contributed by atoms with Crippen molar-refractivity contribution >= 4 is 13.7 Å². The Morgan fingerprint density at radius 3 is 1.35 bits per heavy atom. The van der Waals surface area contributed by atoms with Crippen LogP contribution in [0.3, 0.4) is 0 Å². The number of phosphoric ester groups is 1. The summed E-state index contributed by atoms with van der Waals surface area (Å²) >= 11 is 0. The fraction of sp³-hybridized carbons (Fsp3) is 0.696. The Hall–Kier alpha value is -2.58. The van der Waals surface area contributed by atoms with Crippen molar-refractivity contribution in [2.75, 3.05) is 40.9 Å². The molecular formula is C56H100N2O6P+. The van der Waals surface area contributed by atoms with E-state index in [1.165, 1.54) is 77.0 Å². The number of phosphoric acid groups is 1. The van der Waals surface area contributed by atoms with Crippen LogP contribution in [-0.4, -0.2) is 73.4 Å². The summed E-state index contributed by atoms with van der Waals surface area (Å²) in [7, 11) is 1.60. The van der Waals surface area contributed by atoms with Gasteiger partial charge in [0, 0.05) is 6.42 Å². The highest BCUT2D eigenvalue weighted by Crippen LogP contribution is 2.43. The van der Waals surface area contributed by atoms with Crippen LogP contribution in [0.15, 0.2) is 97.2 Å². The van der Waals surface area contributed by atoms with Gasteiger partial charge in [0.2, 0.25) is 5.91 Å². The third kappa shape index (κ3) is 49.2. The highest BCUT2D eigenvalue weighted by molar-refractivity contribution is 7.47. The van der Waals surface area contributed by atoms with Crippen LogP contribution >= 0.6 is 7.82 Å². The van der Waals surface area contributed by atoms with Crippen molar-refractivity contribution in [1.29, 1.82) is 0 Å². The SMILES string of the molecule is CC/C=C\C/C=C\C/C=C\C/C=C\C/C=C\C/C=C\C/C=C\C/C=C\CCCCCCCCCCCCC(=O)NC(COP(=O)(O)OCC[N+](C)(C)C)C(O)CCCCCCCCCC. The van der Waals surface area contributed by atoms with Gasteiger partial charge in [0.15, 0.2) is 0 Å². The molecule has 0 bridgehead atoms. The maximum atomic E-state index is 12.9. The summed E-state index contributed by atoms with van der Waals surface area (Å²) < 4.78 is 23.6. The minimum Gasteiger partial charge on any atom is -0.391 e. The van der Waals surface area contributed by atoms with Crippen LogP contribution in [0.2, 0.25) is 0 Å². The summed E-state index contributed by atoms with van der Waals surface area (Å²) in [6, 6.07) is -0.766. The molecule has 3 atom stereocenters. The number of allylic oxidation sites excluding steroid dienone is 16. The van der Waals surface area contributed by atoms with Crippen molar-refractivity contribution in [2.45, 2.75) is 212 Å². The van der Waals surface area contributed by atoms with E-state index in [1.54, 1.807) is 0 Å². The molecule has 0 saturated heterocycles. The van der Waals surface area contributed by atoms with Crippen molar-refractivity contribution < 1.29 is 32.9 Å². The summed E-state index contributed by atoms with van der Waals surface area (Å²) in [5, 5.41) is 13.9. The molecule has 0 rings (SSSR count). The summed E-state index contributed by atoms with van der Waals surface area (Å²) in [4.78, 5) is 23.1. The Balaban J connectivity index is 4.03. The van der Waals surface area contributed by atoms with Gasteiger partial charge in [0.1, 0.15) is 13.2 Å². The molecule has 0 saturated carbocycles. The normalized spacial score (nSPS) is 14.9. The smallest absolute Gasteiger partial charge is 0.391 e. The number of amides is 1. The first-order valence-corrected chi connectivity index (χ1v) is 27.6. The lowest BCUT2D eigenvalue weighted by molar-refractivity contribution is -0.870. The van der Waals surface area contributed by atoms with Gasteiger partial charge in [-0.15, -0.1) is 0 Å². The average molecular weight is 928 g/mol. The quantitative estimate of drug-likeness (QED) is 0.0243. The van der Waals surface area contributed by atoms with Crippen LogP contribution < -0.4 is 5.32 Å². The van der Waals surface area contributed by atoms with Crippen LogP contribution in [0.25, 0.3) is 0 Å². The van der Waals surface area contributed by atoms with E-state index in [2.05, 4.69) is 116 Å². The number of nitrogens with zero attached hydrogens (tertiary/aromatic N) is 1. The molecule has 0 heterocycles. The Labute approximate surface area is 400 Å². The van der Waals surface area contributed by atoms with Gasteiger partial charge in [-0.25, -0.2) is 4.57 Å². The van der Waals surface area contributed by atoms with Gasteiger partial charge in [0.05, 0.1) is 39.9 Å². The van der Waals surface area contributed by atoms with E-state index in [1.807, 2.05) is 21.1 Å². The van der Waals surface area contributed by atoms with Crippen LogP contribution in [-0.2, 0) is 18.4 Å². The molecule has 3 N–H and O–H groups in total. The standard InChI is InChI=1S/C56H99N2O6P/c1-6-8-10-12-14-16-17-18-19-20-21-22-23-24-25-26-27-28-29-30-31-32-33-34-35-36-37-38-39-40-41-42-44-46-48-50-56(60)57-54(53-64-65(61,62)63-52-51-58(3,4)5)55(59)49-47-45-43-15-13-11-9-7-2/h8,10,14,16,18-19,21-22,24-25,27-28,30-31,33-34,54-55,59H,6-7,9,11-13,15,17,20,23,26,29,32,35-53H2,1-5H3,(H-,57,60,61,62)/p+1/b10-8-,16-14-,19-18-,22-21-,25-24-,28-27-,31-30-,34-33-. The van der Waals surface area contributed by atoms with Crippen LogP contribution in [0, 0.1) is 0 Å². The zero-order chi connectivity index (χ0) is 47.8. The molecule has 3 unspecified atom stereocenters.